The number of pyridine rings is 1. The Labute approximate surface area is 118 Å². The number of benzene rings is 1. The molecule has 0 N–H and O–H groups in total. The van der Waals surface area contributed by atoms with Gasteiger partial charge in [-0.15, -0.1) is 0 Å². The SMILES string of the molecule is CCc1cnccc1C(=O)c1c(OC)cccc1OC. The van der Waals surface area contributed by atoms with E-state index in [0.717, 1.165) is 12.0 Å². The Morgan fingerprint density at radius 3 is 2.35 bits per heavy atom. The fraction of sp³-hybridized carbons (Fsp3) is 0.250. The largest absolute Gasteiger partial charge is 0.496 e. The van der Waals surface area contributed by atoms with E-state index < -0.39 is 0 Å². The van der Waals surface area contributed by atoms with Crippen molar-refractivity contribution in [3.63, 3.8) is 0 Å². The number of hydrogen-bond acceptors (Lipinski definition) is 4. The second kappa shape index (κ2) is 6.19. The van der Waals surface area contributed by atoms with E-state index in [4.69, 9.17) is 9.47 Å². The molecule has 0 aliphatic carbocycles. The van der Waals surface area contributed by atoms with E-state index in [-0.39, 0.29) is 5.78 Å². The highest BCUT2D eigenvalue weighted by Crippen LogP contribution is 2.31. The number of ketones is 1. The summed E-state index contributed by atoms with van der Waals surface area (Å²) in [5, 5.41) is 0. The Morgan fingerprint density at radius 2 is 1.80 bits per heavy atom. The highest BCUT2D eigenvalue weighted by atomic mass is 16.5. The van der Waals surface area contributed by atoms with Gasteiger partial charge in [0.25, 0.3) is 0 Å². The summed E-state index contributed by atoms with van der Waals surface area (Å²) >= 11 is 0. The van der Waals surface area contributed by atoms with Gasteiger partial charge in [0.2, 0.25) is 5.78 Å². The van der Waals surface area contributed by atoms with Crippen LogP contribution in [0.4, 0.5) is 0 Å². The first-order valence-electron chi connectivity index (χ1n) is 6.41. The molecule has 0 fully saturated rings. The molecule has 2 aromatic rings. The maximum atomic E-state index is 12.8. The number of ether oxygens (including phenoxy) is 2. The van der Waals surface area contributed by atoms with E-state index in [0.29, 0.717) is 22.6 Å². The van der Waals surface area contributed by atoms with Crippen LogP contribution in [0.15, 0.2) is 36.7 Å². The second-order valence-electron chi connectivity index (χ2n) is 4.25. The van der Waals surface area contributed by atoms with Crippen LogP contribution in [0, 0.1) is 0 Å². The fourth-order valence-electron chi connectivity index (χ4n) is 2.14. The summed E-state index contributed by atoms with van der Waals surface area (Å²) in [5.74, 6) is 0.903. The van der Waals surface area contributed by atoms with Crippen molar-refractivity contribution in [2.75, 3.05) is 14.2 Å². The third-order valence-electron chi connectivity index (χ3n) is 3.18. The van der Waals surface area contributed by atoms with Crippen LogP contribution in [0.1, 0.15) is 28.4 Å². The molecule has 1 aromatic heterocycles. The zero-order valence-corrected chi connectivity index (χ0v) is 11.8. The minimum absolute atomic E-state index is 0.112. The third-order valence-corrected chi connectivity index (χ3v) is 3.18. The lowest BCUT2D eigenvalue weighted by atomic mass is 9.97. The number of aryl methyl sites for hydroxylation is 1. The van der Waals surface area contributed by atoms with Gasteiger partial charge in [-0.3, -0.25) is 9.78 Å². The standard InChI is InChI=1S/C16H17NO3/c1-4-11-10-17-9-8-12(11)16(18)15-13(19-2)6-5-7-14(15)20-3/h5-10H,4H2,1-3H3. The number of methoxy groups -OCH3 is 2. The lowest BCUT2D eigenvalue weighted by Crippen LogP contribution is -2.09. The van der Waals surface area contributed by atoms with Gasteiger partial charge < -0.3 is 9.47 Å². The predicted octanol–water partition coefficient (Wildman–Crippen LogP) is 2.89. The molecule has 1 heterocycles. The molecule has 104 valence electrons. The lowest BCUT2D eigenvalue weighted by molar-refractivity contribution is 0.103. The first-order valence-corrected chi connectivity index (χ1v) is 6.41. The van der Waals surface area contributed by atoms with Crippen molar-refractivity contribution >= 4 is 5.78 Å². The Bertz CT molecular complexity index is 601. The second-order valence-corrected chi connectivity index (χ2v) is 4.25. The van der Waals surface area contributed by atoms with Gasteiger partial charge >= 0.3 is 0 Å². The number of hydrogen-bond donors (Lipinski definition) is 0. The number of carbonyl (C=O) groups is 1. The Hall–Kier alpha value is -2.36. The van der Waals surface area contributed by atoms with Gasteiger partial charge in [-0.25, -0.2) is 0 Å². The van der Waals surface area contributed by atoms with Crippen LogP contribution in [0.25, 0.3) is 0 Å². The number of nitrogens with zero attached hydrogens (tertiary/aromatic N) is 1. The summed E-state index contributed by atoms with van der Waals surface area (Å²) in [7, 11) is 3.08. The Kier molecular flexibility index (Phi) is 4.35. The molecule has 0 amide bonds. The molecule has 0 spiro atoms. The van der Waals surface area contributed by atoms with Crippen LogP contribution in [0.5, 0.6) is 11.5 Å². The van der Waals surface area contributed by atoms with Gasteiger partial charge in [0.05, 0.1) is 14.2 Å². The van der Waals surface area contributed by atoms with Gasteiger partial charge in [-0.1, -0.05) is 13.0 Å². The number of carbonyl (C=O) groups excluding carboxylic acids is 1. The van der Waals surface area contributed by atoms with Crippen LogP contribution in [-0.2, 0) is 6.42 Å². The van der Waals surface area contributed by atoms with Crippen LogP contribution in [0.2, 0.25) is 0 Å². The Balaban J connectivity index is 2.58. The predicted molar refractivity (Wildman–Crippen MR) is 76.6 cm³/mol. The summed E-state index contributed by atoms with van der Waals surface area (Å²) in [6.45, 7) is 1.99. The molecular formula is C16H17NO3. The molecule has 0 saturated heterocycles. The van der Waals surface area contributed by atoms with E-state index in [1.54, 1.807) is 50.9 Å². The molecule has 0 unspecified atom stereocenters. The Morgan fingerprint density at radius 1 is 1.15 bits per heavy atom. The molecule has 4 heteroatoms. The molecule has 0 saturated carbocycles. The first kappa shape index (κ1) is 14.1. The number of aromatic nitrogens is 1. The van der Waals surface area contributed by atoms with E-state index >= 15 is 0 Å². The summed E-state index contributed by atoms with van der Waals surface area (Å²) < 4.78 is 10.6. The molecule has 0 atom stereocenters. The van der Waals surface area contributed by atoms with E-state index in [9.17, 15) is 4.79 Å². The zero-order chi connectivity index (χ0) is 14.5. The van der Waals surface area contributed by atoms with Gasteiger partial charge in [0, 0.05) is 18.0 Å². The third kappa shape index (κ3) is 2.50. The van der Waals surface area contributed by atoms with Crippen molar-refractivity contribution in [2.24, 2.45) is 0 Å². The maximum absolute atomic E-state index is 12.8. The molecule has 0 bridgehead atoms. The zero-order valence-electron chi connectivity index (χ0n) is 11.8. The molecule has 20 heavy (non-hydrogen) atoms. The molecule has 2 rings (SSSR count). The summed E-state index contributed by atoms with van der Waals surface area (Å²) in [6.07, 6.45) is 4.08. The van der Waals surface area contributed by atoms with E-state index in [1.165, 1.54) is 0 Å². The van der Waals surface area contributed by atoms with Crippen molar-refractivity contribution in [1.29, 1.82) is 0 Å². The summed E-state index contributed by atoms with van der Waals surface area (Å²) in [5.41, 5.74) is 1.98. The molecule has 0 radical (unpaired) electrons. The smallest absolute Gasteiger partial charge is 0.200 e. The minimum atomic E-state index is -0.112. The normalized spacial score (nSPS) is 10.2. The van der Waals surface area contributed by atoms with Crippen LogP contribution in [-0.4, -0.2) is 25.0 Å². The van der Waals surface area contributed by atoms with Gasteiger partial charge in [0.15, 0.2) is 0 Å². The quantitative estimate of drug-likeness (QED) is 0.785. The average Bonchev–Trinajstić information content (AvgIpc) is 2.53. The first-order chi connectivity index (χ1) is 9.72. The minimum Gasteiger partial charge on any atom is -0.496 e. The molecule has 0 aliphatic rings. The fourth-order valence-corrected chi connectivity index (χ4v) is 2.14. The summed E-state index contributed by atoms with van der Waals surface area (Å²) in [6, 6.07) is 7.03. The molecule has 0 aliphatic heterocycles. The average molecular weight is 271 g/mol. The van der Waals surface area contributed by atoms with Crippen molar-refractivity contribution in [1.82, 2.24) is 4.98 Å². The van der Waals surface area contributed by atoms with E-state index in [1.807, 2.05) is 6.92 Å². The topological polar surface area (TPSA) is 48.4 Å². The van der Waals surface area contributed by atoms with E-state index in [2.05, 4.69) is 4.98 Å². The van der Waals surface area contributed by atoms with Crippen molar-refractivity contribution in [3.8, 4) is 11.5 Å². The maximum Gasteiger partial charge on any atom is 0.200 e. The highest BCUT2D eigenvalue weighted by molar-refractivity contribution is 6.13. The van der Waals surface area contributed by atoms with Crippen molar-refractivity contribution < 1.29 is 14.3 Å². The monoisotopic (exact) mass is 271 g/mol. The van der Waals surface area contributed by atoms with Crippen molar-refractivity contribution in [2.45, 2.75) is 13.3 Å². The van der Waals surface area contributed by atoms with Gasteiger partial charge in [-0.05, 0) is 30.2 Å². The molecule has 1 aromatic carbocycles. The number of rotatable bonds is 5. The lowest BCUT2D eigenvalue weighted by Gasteiger charge is -2.13. The van der Waals surface area contributed by atoms with Crippen molar-refractivity contribution in [3.05, 3.63) is 53.3 Å². The van der Waals surface area contributed by atoms with Crippen LogP contribution < -0.4 is 9.47 Å². The molecular weight excluding hydrogens is 254 g/mol. The van der Waals surface area contributed by atoms with Crippen LogP contribution >= 0.6 is 0 Å². The van der Waals surface area contributed by atoms with Crippen LogP contribution in [0.3, 0.4) is 0 Å². The summed E-state index contributed by atoms with van der Waals surface area (Å²) in [4.78, 5) is 16.9. The van der Waals surface area contributed by atoms with Gasteiger partial charge in [0.1, 0.15) is 17.1 Å². The highest BCUT2D eigenvalue weighted by Gasteiger charge is 2.21. The van der Waals surface area contributed by atoms with Gasteiger partial charge in [-0.2, -0.15) is 0 Å². The molecule has 4 nitrogen and oxygen atoms in total.